The predicted octanol–water partition coefficient (Wildman–Crippen LogP) is 3.19. The van der Waals surface area contributed by atoms with Gasteiger partial charge >= 0.3 is 0 Å². The molecule has 2 aromatic rings. The number of benzene rings is 2. The first-order valence-electron chi connectivity index (χ1n) is 8.35. The summed E-state index contributed by atoms with van der Waals surface area (Å²) >= 11 is 0. The van der Waals surface area contributed by atoms with E-state index in [1.54, 1.807) is 14.2 Å². The van der Waals surface area contributed by atoms with Gasteiger partial charge in [-0.05, 0) is 48.2 Å². The first kappa shape index (κ1) is 16.8. The van der Waals surface area contributed by atoms with Gasteiger partial charge < -0.3 is 14.6 Å². The summed E-state index contributed by atoms with van der Waals surface area (Å²) in [5.74, 6) is 1.70. The Kier molecular flexibility index (Phi) is 5.07. The molecule has 24 heavy (non-hydrogen) atoms. The number of aliphatic hydroxyl groups is 1. The molecule has 128 valence electrons. The van der Waals surface area contributed by atoms with Crippen LogP contribution in [-0.4, -0.2) is 37.3 Å². The van der Waals surface area contributed by atoms with E-state index in [4.69, 9.17) is 9.47 Å². The zero-order chi connectivity index (χ0) is 17.0. The van der Waals surface area contributed by atoms with Crippen molar-refractivity contribution < 1.29 is 14.6 Å². The maximum absolute atomic E-state index is 11.0. The largest absolute Gasteiger partial charge is 0.497 e. The van der Waals surface area contributed by atoms with Gasteiger partial charge in [-0.1, -0.05) is 24.3 Å². The van der Waals surface area contributed by atoms with E-state index < -0.39 is 5.60 Å². The molecule has 0 bridgehead atoms. The van der Waals surface area contributed by atoms with Crippen molar-refractivity contribution in [2.24, 2.45) is 0 Å². The zero-order valence-corrected chi connectivity index (χ0v) is 14.4. The minimum absolute atomic E-state index is 0.733. The van der Waals surface area contributed by atoms with Crippen molar-refractivity contribution >= 4 is 0 Å². The lowest BCUT2D eigenvalue weighted by atomic mass is 9.84. The van der Waals surface area contributed by atoms with Crippen LogP contribution in [0.25, 0.3) is 0 Å². The van der Waals surface area contributed by atoms with Crippen molar-refractivity contribution in [2.75, 3.05) is 27.3 Å². The Hall–Kier alpha value is -2.04. The smallest absolute Gasteiger partial charge is 0.118 e. The van der Waals surface area contributed by atoms with E-state index in [1.807, 2.05) is 36.4 Å². The van der Waals surface area contributed by atoms with Gasteiger partial charge in [0.25, 0.3) is 0 Å². The van der Waals surface area contributed by atoms with Crippen LogP contribution in [0.3, 0.4) is 0 Å². The molecule has 1 saturated heterocycles. The van der Waals surface area contributed by atoms with Crippen LogP contribution in [-0.2, 0) is 12.1 Å². The van der Waals surface area contributed by atoms with Gasteiger partial charge in [0.15, 0.2) is 0 Å². The fourth-order valence-electron chi connectivity index (χ4n) is 3.26. The topological polar surface area (TPSA) is 41.9 Å². The van der Waals surface area contributed by atoms with Crippen molar-refractivity contribution in [2.45, 2.75) is 25.0 Å². The van der Waals surface area contributed by atoms with E-state index in [9.17, 15) is 5.11 Å². The summed E-state index contributed by atoms with van der Waals surface area (Å²) in [6.07, 6.45) is 1.49. The minimum Gasteiger partial charge on any atom is -0.497 e. The maximum Gasteiger partial charge on any atom is 0.118 e. The van der Waals surface area contributed by atoms with E-state index in [-0.39, 0.29) is 0 Å². The first-order valence-corrected chi connectivity index (χ1v) is 8.35. The second-order valence-electron chi connectivity index (χ2n) is 6.38. The molecule has 2 aromatic carbocycles. The van der Waals surface area contributed by atoms with Crippen LogP contribution in [0.4, 0.5) is 0 Å². The second kappa shape index (κ2) is 7.24. The van der Waals surface area contributed by atoms with Gasteiger partial charge in [0, 0.05) is 19.6 Å². The average Bonchev–Trinajstić information content (AvgIpc) is 2.64. The lowest BCUT2D eigenvalue weighted by molar-refractivity contribution is -0.0277. The molecule has 0 spiro atoms. The van der Waals surface area contributed by atoms with Gasteiger partial charge in [-0.15, -0.1) is 0 Å². The second-order valence-corrected chi connectivity index (χ2v) is 6.38. The lowest BCUT2D eigenvalue weighted by Crippen LogP contribution is -2.42. The number of nitrogens with zero attached hydrogens (tertiary/aromatic N) is 1. The average molecular weight is 327 g/mol. The standard InChI is InChI=1S/C20H25NO3/c1-23-18-7-3-16(4-8-18)15-21-13-11-20(22,12-14-21)17-5-9-19(24-2)10-6-17/h3-10,22H,11-15H2,1-2H3. The van der Waals surface area contributed by atoms with Gasteiger partial charge in [0.1, 0.15) is 11.5 Å². The van der Waals surface area contributed by atoms with E-state index in [1.165, 1.54) is 5.56 Å². The van der Waals surface area contributed by atoms with Crippen LogP contribution in [0.5, 0.6) is 11.5 Å². The summed E-state index contributed by atoms with van der Waals surface area (Å²) in [5.41, 5.74) is 1.51. The highest BCUT2D eigenvalue weighted by Crippen LogP contribution is 2.34. The fraction of sp³-hybridized carbons (Fsp3) is 0.400. The van der Waals surface area contributed by atoms with Crippen LogP contribution in [0.2, 0.25) is 0 Å². The number of methoxy groups -OCH3 is 2. The zero-order valence-electron chi connectivity index (χ0n) is 14.4. The number of hydrogen-bond donors (Lipinski definition) is 1. The molecule has 0 unspecified atom stereocenters. The number of likely N-dealkylation sites (tertiary alicyclic amines) is 1. The number of ether oxygens (including phenoxy) is 2. The Bertz CT molecular complexity index is 644. The summed E-state index contributed by atoms with van der Waals surface area (Å²) in [5, 5.41) is 11.0. The number of rotatable bonds is 5. The Morgan fingerprint density at radius 3 is 1.88 bits per heavy atom. The highest BCUT2D eigenvalue weighted by molar-refractivity contribution is 5.31. The van der Waals surface area contributed by atoms with Gasteiger partial charge in [0.2, 0.25) is 0 Å². The van der Waals surface area contributed by atoms with Gasteiger partial charge in [-0.2, -0.15) is 0 Å². The highest BCUT2D eigenvalue weighted by atomic mass is 16.5. The molecule has 4 nitrogen and oxygen atoms in total. The molecule has 1 N–H and O–H groups in total. The predicted molar refractivity (Wildman–Crippen MR) is 94.4 cm³/mol. The lowest BCUT2D eigenvalue weighted by Gasteiger charge is -2.38. The maximum atomic E-state index is 11.0. The molecular weight excluding hydrogens is 302 g/mol. The molecule has 4 heteroatoms. The monoisotopic (exact) mass is 327 g/mol. The van der Waals surface area contributed by atoms with E-state index in [0.29, 0.717) is 0 Å². The van der Waals surface area contributed by atoms with Crippen molar-refractivity contribution in [3.63, 3.8) is 0 Å². The van der Waals surface area contributed by atoms with Crippen molar-refractivity contribution in [3.8, 4) is 11.5 Å². The van der Waals surface area contributed by atoms with Crippen LogP contribution in [0, 0.1) is 0 Å². The molecule has 3 rings (SSSR count). The van der Waals surface area contributed by atoms with Crippen molar-refractivity contribution in [3.05, 3.63) is 59.7 Å². The third-order valence-electron chi connectivity index (χ3n) is 4.88. The molecule has 1 aliphatic heterocycles. The molecule has 0 saturated carbocycles. The van der Waals surface area contributed by atoms with Crippen molar-refractivity contribution in [1.29, 1.82) is 0 Å². The quantitative estimate of drug-likeness (QED) is 0.916. The fourth-order valence-corrected chi connectivity index (χ4v) is 3.26. The van der Waals surface area contributed by atoms with Crippen LogP contribution < -0.4 is 9.47 Å². The molecule has 1 heterocycles. The molecule has 0 aliphatic carbocycles. The minimum atomic E-state index is -0.733. The van der Waals surface area contributed by atoms with Gasteiger partial charge in [0.05, 0.1) is 19.8 Å². The summed E-state index contributed by atoms with van der Waals surface area (Å²) in [6, 6.07) is 16.0. The molecule has 0 atom stereocenters. The van der Waals surface area contributed by atoms with E-state index in [2.05, 4.69) is 17.0 Å². The van der Waals surface area contributed by atoms with Crippen LogP contribution >= 0.6 is 0 Å². The third kappa shape index (κ3) is 3.71. The molecule has 1 fully saturated rings. The number of piperidine rings is 1. The molecule has 0 aromatic heterocycles. The number of hydrogen-bond acceptors (Lipinski definition) is 4. The third-order valence-corrected chi connectivity index (χ3v) is 4.88. The Labute approximate surface area is 143 Å². The highest BCUT2D eigenvalue weighted by Gasteiger charge is 2.33. The summed E-state index contributed by atoms with van der Waals surface area (Å²) in [4.78, 5) is 2.39. The first-order chi connectivity index (χ1) is 11.6. The molecule has 0 amide bonds. The van der Waals surface area contributed by atoms with Crippen LogP contribution in [0.1, 0.15) is 24.0 Å². The van der Waals surface area contributed by atoms with Crippen LogP contribution in [0.15, 0.2) is 48.5 Å². The SMILES string of the molecule is COc1ccc(CN2CCC(O)(c3ccc(OC)cc3)CC2)cc1. The summed E-state index contributed by atoms with van der Waals surface area (Å²) < 4.78 is 10.4. The molecule has 0 radical (unpaired) electrons. The van der Waals surface area contributed by atoms with E-state index in [0.717, 1.165) is 49.5 Å². The van der Waals surface area contributed by atoms with E-state index >= 15 is 0 Å². The molecular formula is C20H25NO3. The Balaban J connectivity index is 1.59. The van der Waals surface area contributed by atoms with Gasteiger partial charge in [-0.25, -0.2) is 0 Å². The van der Waals surface area contributed by atoms with Crippen molar-refractivity contribution in [1.82, 2.24) is 4.90 Å². The van der Waals surface area contributed by atoms with Gasteiger partial charge in [-0.3, -0.25) is 4.90 Å². The molecule has 1 aliphatic rings. The Morgan fingerprint density at radius 1 is 0.875 bits per heavy atom. The summed E-state index contributed by atoms with van der Waals surface area (Å²) in [6.45, 7) is 2.67. The Morgan fingerprint density at radius 2 is 1.38 bits per heavy atom. The normalized spacial score (nSPS) is 17.5. The summed E-state index contributed by atoms with van der Waals surface area (Å²) in [7, 11) is 3.33.